The number of esters is 1. The van der Waals surface area contributed by atoms with Gasteiger partial charge in [-0.3, -0.25) is 0 Å². The molecule has 1 spiro atoms. The second-order valence-corrected chi connectivity index (χ2v) is 10.9. The van der Waals surface area contributed by atoms with Gasteiger partial charge in [-0.1, -0.05) is 61.8 Å². The lowest BCUT2D eigenvalue weighted by atomic mass is 9.77. The molecule has 198 valence electrons. The second-order valence-electron chi connectivity index (χ2n) is 10.5. The van der Waals surface area contributed by atoms with Crippen LogP contribution in [0.3, 0.4) is 0 Å². The highest BCUT2D eigenvalue weighted by atomic mass is 35.5. The van der Waals surface area contributed by atoms with Crippen molar-refractivity contribution in [2.24, 2.45) is 5.92 Å². The number of nitrogens with one attached hydrogen (secondary N) is 1. The summed E-state index contributed by atoms with van der Waals surface area (Å²) in [7, 11) is 0. The summed E-state index contributed by atoms with van der Waals surface area (Å²) >= 11 is 6.66. The molecular formula is C33H31ClN2O3. The second kappa shape index (κ2) is 9.97. The Morgan fingerprint density at radius 1 is 0.897 bits per heavy atom. The fraction of sp³-hybridized carbons (Fsp3) is 0.242. The molecule has 0 radical (unpaired) electrons. The van der Waals surface area contributed by atoms with Crippen LogP contribution in [-0.4, -0.2) is 19.1 Å². The molecule has 0 saturated heterocycles. The minimum atomic E-state index is -1.10. The van der Waals surface area contributed by atoms with Crippen molar-refractivity contribution in [2.75, 3.05) is 23.3 Å². The molecule has 1 unspecified atom stereocenters. The summed E-state index contributed by atoms with van der Waals surface area (Å²) in [4.78, 5) is 15.5. The number of anilines is 3. The zero-order chi connectivity index (χ0) is 27.1. The first-order valence-corrected chi connectivity index (χ1v) is 13.8. The molecule has 6 heteroatoms. The SMILES string of the molecule is CCN(CCC(C)C)c1ccc(Cl)c(Nc2ccc3c(c2)C2(OC(=O)c4ccccc42)c2ccccc2O3)c1. The molecule has 0 aromatic heterocycles. The molecule has 6 rings (SSSR count). The number of carbonyl (C=O) groups excluding carboxylic acids is 1. The van der Waals surface area contributed by atoms with E-state index in [9.17, 15) is 4.79 Å². The smallest absolute Gasteiger partial charge is 0.340 e. The number of halogens is 1. The van der Waals surface area contributed by atoms with E-state index in [1.807, 2.05) is 72.8 Å². The molecule has 0 aliphatic carbocycles. The largest absolute Gasteiger partial charge is 0.456 e. The fourth-order valence-corrected chi connectivity index (χ4v) is 5.71. The van der Waals surface area contributed by atoms with Crippen molar-refractivity contribution in [3.63, 3.8) is 0 Å². The predicted octanol–water partition coefficient (Wildman–Crippen LogP) is 8.52. The van der Waals surface area contributed by atoms with Gasteiger partial charge < -0.3 is 19.7 Å². The zero-order valence-electron chi connectivity index (χ0n) is 22.3. The normalized spacial score (nSPS) is 16.8. The molecule has 2 heterocycles. The van der Waals surface area contributed by atoms with Gasteiger partial charge in [0.05, 0.1) is 16.3 Å². The maximum atomic E-state index is 13.1. The summed E-state index contributed by atoms with van der Waals surface area (Å²) in [5.74, 6) is 1.61. The highest BCUT2D eigenvalue weighted by Crippen LogP contribution is 2.56. The van der Waals surface area contributed by atoms with Gasteiger partial charge in [0.1, 0.15) is 11.5 Å². The third kappa shape index (κ3) is 4.31. The van der Waals surface area contributed by atoms with Gasteiger partial charge in [0.25, 0.3) is 0 Å². The molecule has 2 aliphatic heterocycles. The first kappa shape index (κ1) is 25.3. The van der Waals surface area contributed by atoms with Gasteiger partial charge in [0.2, 0.25) is 0 Å². The Morgan fingerprint density at radius 3 is 2.44 bits per heavy atom. The molecule has 2 aliphatic rings. The van der Waals surface area contributed by atoms with Crippen molar-refractivity contribution in [1.82, 2.24) is 0 Å². The molecule has 5 nitrogen and oxygen atoms in total. The van der Waals surface area contributed by atoms with Crippen LogP contribution in [0.4, 0.5) is 17.1 Å². The van der Waals surface area contributed by atoms with Crippen molar-refractivity contribution in [3.05, 3.63) is 112 Å². The summed E-state index contributed by atoms with van der Waals surface area (Å²) in [6, 6.07) is 27.3. The van der Waals surface area contributed by atoms with E-state index in [0.717, 1.165) is 53.3 Å². The van der Waals surface area contributed by atoms with E-state index in [4.69, 9.17) is 21.1 Å². The van der Waals surface area contributed by atoms with Gasteiger partial charge in [0, 0.05) is 41.2 Å². The Hall–Kier alpha value is -3.96. The standard InChI is InChI=1S/C33H31ClN2O3/c1-4-36(18-17-21(2)3)23-14-15-28(34)29(20-23)35-22-13-16-31-27(19-22)33(26-11-7-8-12-30(26)38-31)25-10-6-5-9-24(25)32(37)39-33/h5-16,19-21,35H,4,17-18H2,1-3H3. The van der Waals surface area contributed by atoms with Crippen LogP contribution in [0, 0.1) is 5.92 Å². The Bertz CT molecular complexity index is 1570. The van der Waals surface area contributed by atoms with E-state index in [1.165, 1.54) is 0 Å². The number of para-hydroxylation sites is 1. The summed E-state index contributed by atoms with van der Waals surface area (Å²) < 4.78 is 12.6. The summed E-state index contributed by atoms with van der Waals surface area (Å²) in [6.07, 6.45) is 1.12. The van der Waals surface area contributed by atoms with Crippen molar-refractivity contribution in [1.29, 1.82) is 0 Å². The van der Waals surface area contributed by atoms with E-state index in [0.29, 0.717) is 28.0 Å². The van der Waals surface area contributed by atoms with Gasteiger partial charge in [-0.25, -0.2) is 4.79 Å². The van der Waals surface area contributed by atoms with Gasteiger partial charge in [0.15, 0.2) is 5.60 Å². The zero-order valence-corrected chi connectivity index (χ0v) is 23.1. The number of fused-ring (bicyclic) bond motifs is 6. The molecule has 0 fully saturated rings. The third-order valence-corrected chi connectivity index (χ3v) is 7.90. The molecule has 0 bridgehead atoms. The highest BCUT2D eigenvalue weighted by molar-refractivity contribution is 6.33. The van der Waals surface area contributed by atoms with Crippen LogP contribution in [0.25, 0.3) is 0 Å². The number of nitrogens with zero attached hydrogens (tertiary/aromatic N) is 1. The number of benzene rings is 4. The first-order valence-electron chi connectivity index (χ1n) is 13.5. The molecule has 1 N–H and O–H groups in total. The lowest BCUT2D eigenvalue weighted by molar-refractivity contribution is 0.0224. The van der Waals surface area contributed by atoms with Gasteiger partial charge in [-0.15, -0.1) is 0 Å². The summed E-state index contributed by atoms with van der Waals surface area (Å²) in [5, 5.41) is 4.15. The molecular weight excluding hydrogens is 508 g/mol. The first-order chi connectivity index (χ1) is 18.9. The lowest BCUT2D eigenvalue weighted by Gasteiger charge is -2.36. The maximum Gasteiger partial charge on any atom is 0.340 e. The Kier molecular flexibility index (Phi) is 6.48. The molecule has 4 aromatic carbocycles. The Balaban J connectivity index is 1.42. The molecule has 1 atom stereocenters. The van der Waals surface area contributed by atoms with E-state index >= 15 is 0 Å². The molecule has 4 aromatic rings. The van der Waals surface area contributed by atoms with Crippen LogP contribution < -0.4 is 15.0 Å². The number of hydrogen-bond acceptors (Lipinski definition) is 5. The van der Waals surface area contributed by atoms with Crippen LogP contribution in [-0.2, 0) is 10.3 Å². The van der Waals surface area contributed by atoms with Crippen LogP contribution in [0.1, 0.15) is 54.2 Å². The predicted molar refractivity (Wildman–Crippen MR) is 157 cm³/mol. The van der Waals surface area contributed by atoms with E-state index in [-0.39, 0.29) is 5.97 Å². The van der Waals surface area contributed by atoms with Crippen LogP contribution >= 0.6 is 11.6 Å². The lowest BCUT2D eigenvalue weighted by Crippen LogP contribution is -2.33. The Morgan fingerprint density at radius 2 is 1.64 bits per heavy atom. The van der Waals surface area contributed by atoms with Crippen molar-refractivity contribution in [3.8, 4) is 11.5 Å². The molecule has 39 heavy (non-hydrogen) atoms. The third-order valence-electron chi connectivity index (χ3n) is 7.57. The Labute approximate surface area is 234 Å². The van der Waals surface area contributed by atoms with E-state index in [1.54, 1.807) is 0 Å². The van der Waals surface area contributed by atoms with Gasteiger partial charge >= 0.3 is 5.97 Å². The van der Waals surface area contributed by atoms with E-state index < -0.39 is 5.60 Å². The molecule has 0 amide bonds. The molecule has 0 saturated carbocycles. The van der Waals surface area contributed by atoms with E-state index in [2.05, 4.69) is 43.1 Å². The van der Waals surface area contributed by atoms with Gasteiger partial charge in [-0.2, -0.15) is 0 Å². The summed E-state index contributed by atoms with van der Waals surface area (Å²) in [5.41, 5.74) is 4.60. The minimum Gasteiger partial charge on any atom is -0.456 e. The monoisotopic (exact) mass is 538 g/mol. The number of ether oxygens (including phenoxy) is 2. The van der Waals surface area contributed by atoms with Crippen LogP contribution in [0.15, 0.2) is 84.9 Å². The topological polar surface area (TPSA) is 50.8 Å². The van der Waals surface area contributed by atoms with Crippen molar-refractivity contribution < 1.29 is 14.3 Å². The minimum absolute atomic E-state index is 0.344. The average Bonchev–Trinajstić information content (AvgIpc) is 3.24. The number of carbonyl (C=O) groups is 1. The van der Waals surface area contributed by atoms with Crippen LogP contribution in [0.2, 0.25) is 5.02 Å². The quantitative estimate of drug-likeness (QED) is 0.239. The average molecular weight is 539 g/mol. The van der Waals surface area contributed by atoms with Crippen LogP contribution in [0.5, 0.6) is 11.5 Å². The maximum absolute atomic E-state index is 13.1. The number of rotatable bonds is 7. The number of hydrogen-bond donors (Lipinski definition) is 1. The summed E-state index contributed by atoms with van der Waals surface area (Å²) in [6.45, 7) is 8.56. The van der Waals surface area contributed by atoms with Crippen molar-refractivity contribution >= 4 is 34.6 Å². The van der Waals surface area contributed by atoms with Crippen molar-refractivity contribution in [2.45, 2.75) is 32.8 Å². The van der Waals surface area contributed by atoms with Gasteiger partial charge in [-0.05, 0) is 67.8 Å². The highest BCUT2D eigenvalue weighted by Gasteiger charge is 2.53. The fourth-order valence-electron chi connectivity index (χ4n) is 5.54.